The van der Waals surface area contributed by atoms with Crippen molar-refractivity contribution in [2.24, 2.45) is 0 Å². The van der Waals surface area contributed by atoms with E-state index in [4.69, 9.17) is 0 Å². The molecule has 0 amide bonds. The topological polar surface area (TPSA) is 37.8 Å². The molecule has 2 aromatic rings. The van der Waals surface area contributed by atoms with E-state index in [1.165, 1.54) is 10.4 Å². The van der Waals surface area contributed by atoms with Crippen LogP contribution in [0.4, 0.5) is 0 Å². The highest BCUT2D eigenvalue weighted by molar-refractivity contribution is 7.11. The summed E-state index contributed by atoms with van der Waals surface area (Å²) in [6.45, 7) is 3.93. The number of nitrogens with one attached hydrogen (secondary N) is 1. The molecule has 16 heavy (non-hydrogen) atoms. The van der Waals surface area contributed by atoms with Gasteiger partial charge in [0.1, 0.15) is 0 Å². The van der Waals surface area contributed by atoms with Gasteiger partial charge in [0.15, 0.2) is 0 Å². The van der Waals surface area contributed by atoms with Gasteiger partial charge in [-0.2, -0.15) is 0 Å². The normalized spacial score (nSPS) is 10.6. The molecule has 4 heteroatoms. The zero-order valence-corrected chi connectivity index (χ0v) is 10.1. The largest absolute Gasteiger partial charge is 0.311 e. The Balaban J connectivity index is 1.69. The lowest BCUT2D eigenvalue weighted by Gasteiger charge is -2.02. The number of hydrogen-bond donors (Lipinski definition) is 1. The smallest absolute Gasteiger partial charge is 0.0897 e. The summed E-state index contributed by atoms with van der Waals surface area (Å²) < 4.78 is 0. The SMILES string of the molecule is Cc1ncc(CNCCc2ccncc2)s1. The molecule has 3 nitrogen and oxygen atoms in total. The van der Waals surface area contributed by atoms with Crippen LogP contribution in [0.15, 0.2) is 30.7 Å². The van der Waals surface area contributed by atoms with Crippen LogP contribution in [0.1, 0.15) is 15.4 Å². The van der Waals surface area contributed by atoms with E-state index in [2.05, 4.69) is 27.4 Å². The highest BCUT2D eigenvalue weighted by Gasteiger charge is 1.97. The first-order chi connectivity index (χ1) is 7.84. The van der Waals surface area contributed by atoms with Gasteiger partial charge in [0.2, 0.25) is 0 Å². The Morgan fingerprint density at radius 3 is 2.81 bits per heavy atom. The summed E-state index contributed by atoms with van der Waals surface area (Å²) in [4.78, 5) is 9.52. The van der Waals surface area contributed by atoms with Crippen molar-refractivity contribution in [3.8, 4) is 0 Å². The van der Waals surface area contributed by atoms with Crippen molar-refractivity contribution < 1.29 is 0 Å². The molecular formula is C12H15N3S. The zero-order chi connectivity index (χ0) is 11.2. The van der Waals surface area contributed by atoms with Gasteiger partial charge in [-0.3, -0.25) is 4.98 Å². The van der Waals surface area contributed by atoms with E-state index in [1.54, 1.807) is 11.3 Å². The van der Waals surface area contributed by atoms with E-state index in [0.717, 1.165) is 24.5 Å². The van der Waals surface area contributed by atoms with Crippen LogP contribution >= 0.6 is 11.3 Å². The monoisotopic (exact) mass is 233 g/mol. The van der Waals surface area contributed by atoms with Gasteiger partial charge in [-0.05, 0) is 37.6 Å². The minimum atomic E-state index is 0.913. The van der Waals surface area contributed by atoms with Crippen LogP contribution < -0.4 is 5.32 Å². The lowest BCUT2D eigenvalue weighted by Crippen LogP contribution is -2.15. The van der Waals surface area contributed by atoms with Gasteiger partial charge < -0.3 is 5.32 Å². The molecule has 0 bridgehead atoms. The van der Waals surface area contributed by atoms with E-state index in [9.17, 15) is 0 Å². The van der Waals surface area contributed by atoms with E-state index in [1.807, 2.05) is 25.5 Å². The van der Waals surface area contributed by atoms with E-state index < -0.39 is 0 Å². The second-order valence-corrected chi connectivity index (χ2v) is 4.95. The van der Waals surface area contributed by atoms with Gasteiger partial charge in [0, 0.05) is 30.0 Å². The highest BCUT2D eigenvalue weighted by Crippen LogP contribution is 2.10. The van der Waals surface area contributed by atoms with E-state index in [0.29, 0.717) is 0 Å². The molecule has 2 aromatic heterocycles. The summed E-state index contributed by atoms with van der Waals surface area (Å²) in [5.41, 5.74) is 1.32. The third-order valence-corrected chi connectivity index (χ3v) is 3.22. The Bertz CT molecular complexity index is 425. The third kappa shape index (κ3) is 3.40. The fourth-order valence-electron chi connectivity index (χ4n) is 1.48. The fourth-order valence-corrected chi connectivity index (χ4v) is 2.25. The molecule has 0 saturated heterocycles. The van der Waals surface area contributed by atoms with Crippen molar-refractivity contribution in [3.05, 3.63) is 46.2 Å². The number of pyridine rings is 1. The summed E-state index contributed by atoms with van der Waals surface area (Å²) in [6, 6.07) is 4.11. The predicted molar refractivity (Wildman–Crippen MR) is 66.5 cm³/mol. The summed E-state index contributed by atoms with van der Waals surface area (Å²) in [6.07, 6.45) is 6.66. The predicted octanol–water partition coefficient (Wildman–Crippen LogP) is 2.18. The molecule has 2 rings (SSSR count). The standard InChI is InChI=1S/C12H15N3S/c1-10-15-9-12(16-10)8-14-7-4-11-2-5-13-6-3-11/h2-3,5-6,9,14H,4,7-8H2,1H3. The summed E-state index contributed by atoms with van der Waals surface area (Å²) in [5, 5.41) is 4.54. The molecule has 0 aromatic carbocycles. The maximum Gasteiger partial charge on any atom is 0.0897 e. The number of thiazole rings is 1. The Morgan fingerprint density at radius 2 is 2.12 bits per heavy atom. The second-order valence-electron chi connectivity index (χ2n) is 3.63. The summed E-state index contributed by atoms with van der Waals surface area (Å²) >= 11 is 1.75. The number of aryl methyl sites for hydroxylation is 1. The van der Waals surface area contributed by atoms with E-state index >= 15 is 0 Å². The zero-order valence-electron chi connectivity index (χ0n) is 9.31. The number of nitrogens with zero attached hydrogens (tertiary/aromatic N) is 2. The quantitative estimate of drug-likeness (QED) is 0.804. The molecular weight excluding hydrogens is 218 g/mol. The Labute approximate surface area is 99.6 Å². The minimum Gasteiger partial charge on any atom is -0.311 e. The van der Waals surface area contributed by atoms with Crippen molar-refractivity contribution in [2.75, 3.05) is 6.54 Å². The number of rotatable bonds is 5. The fraction of sp³-hybridized carbons (Fsp3) is 0.333. The minimum absolute atomic E-state index is 0.913. The van der Waals surface area contributed by atoms with Gasteiger partial charge >= 0.3 is 0 Å². The van der Waals surface area contributed by atoms with Gasteiger partial charge in [0.25, 0.3) is 0 Å². The molecule has 0 aliphatic heterocycles. The van der Waals surface area contributed by atoms with Crippen LogP contribution in [0.2, 0.25) is 0 Å². The van der Waals surface area contributed by atoms with Gasteiger partial charge in [-0.1, -0.05) is 0 Å². The molecule has 0 saturated carbocycles. The lowest BCUT2D eigenvalue weighted by atomic mass is 10.2. The number of aromatic nitrogens is 2. The lowest BCUT2D eigenvalue weighted by molar-refractivity contribution is 0.692. The van der Waals surface area contributed by atoms with Crippen molar-refractivity contribution >= 4 is 11.3 Å². The van der Waals surface area contributed by atoms with E-state index in [-0.39, 0.29) is 0 Å². The van der Waals surface area contributed by atoms with Gasteiger partial charge in [-0.25, -0.2) is 4.98 Å². The Kier molecular flexibility index (Phi) is 4.02. The number of hydrogen-bond acceptors (Lipinski definition) is 4. The second kappa shape index (κ2) is 5.72. The molecule has 0 unspecified atom stereocenters. The molecule has 0 atom stereocenters. The molecule has 84 valence electrons. The molecule has 0 spiro atoms. The Hall–Kier alpha value is -1.26. The average molecular weight is 233 g/mol. The first-order valence-corrected chi connectivity index (χ1v) is 6.17. The molecule has 1 N–H and O–H groups in total. The summed E-state index contributed by atoms with van der Waals surface area (Å²) in [5.74, 6) is 0. The molecule has 2 heterocycles. The average Bonchev–Trinajstić information content (AvgIpc) is 2.72. The van der Waals surface area contributed by atoms with Gasteiger partial charge in [0.05, 0.1) is 5.01 Å². The van der Waals surface area contributed by atoms with Crippen LogP contribution in [-0.4, -0.2) is 16.5 Å². The molecule has 0 aliphatic rings. The molecule has 0 fully saturated rings. The Morgan fingerprint density at radius 1 is 1.31 bits per heavy atom. The van der Waals surface area contributed by atoms with Crippen molar-refractivity contribution in [1.29, 1.82) is 0 Å². The van der Waals surface area contributed by atoms with Crippen LogP contribution in [0.5, 0.6) is 0 Å². The van der Waals surface area contributed by atoms with Crippen LogP contribution in [0.3, 0.4) is 0 Å². The van der Waals surface area contributed by atoms with Crippen molar-refractivity contribution in [1.82, 2.24) is 15.3 Å². The van der Waals surface area contributed by atoms with Crippen molar-refractivity contribution in [2.45, 2.75) is 19.9 Å². The van der Waals surface area contributed by atoms with Crippen LogP contribution in [-0.2, 0) is 13.0 Å². The first kappa shape index (κ1) is 11.2. The highest BCUT2D eigenvalue weighted by atomic mass is 32.1. The first-order valence-electron chi connectivity index (χ1n) is 5.35. The third-order valence-electron chi connectivity index (χ3n) is 2.31. The van der Waals surface area contributed by atoms with Crippen LogP contribution in [0, 0.1) is 6.92 Å². The van der Waals surface area contributed by atoms with Crippen LogP contribution in [0.25, 0.3) is 0 Å². The van der Waals surface area contributed by atoms with Crippen molar-refractivity contribution in [3.63, 3.8) is 0 Å². The maximum absolute atomic E-state index is 4.22. The maximum atomic E-state index is 4.22. The van der Waals surface area contributed by atoms with Gasteiger partial charge in [-0.15, -0.1) is 11.3 Å². The molecule has 0 radical (unpaired) electrons. The molecule has 0 aliphatic carbocycles. The summed E-state index contributed by atoms with van der Waals surface area (Å²) in [7, 11) is 0.